The molecule has 0 bridgehead atoms. The number of aromatic amines is 1. The summed E-state index contributed by atoms with van der Waals surface area (Å²) in [6.07, 6.45) is 2.85. The maximum Gasteiger partial charge on any atom is 0.306 e. The predicted molar refractivity (Wildman–Crippen MR) is 133 cm³/mol. The van der Waals surface area contributed by atoms with Crippen LogP contribution in [0.4, 0.5) is 0 Å². The van der Waals surface area contributed by atoms with Crippen molar-refractivity contribution in [1.82, 2.24) is 4.98 Å². The number of hydrogen-bond acceptors (Lipinski definition) is 4. The maximum absolute atomic E-state index is 11.9. The summed E-state index contributed by atoms with van der Waals surface area (Å²) in [5, 5.41) is 1.18. The van der Waals surface area contributed by atoms with Gasteiger partial charge in [-0.25, -0.2) is 0 Å². The Labute approximate surface area is 192 Å². The van der Waals surface area contributed by atoms with Gasteiger partial charge in [0.15, 0.2) is 11.5 Å². The van der Waals surface area contributed by atoms with E-state index in [-0.39, 0.29) is 11.0 Å². The van der Waals surface area contributed by atoms with E-state index in [0.717, 1.165) is 33.3 Å². The van der Waals surface area contributed by atoms with Gasteiger partial charge in [-0.2, -0.15) is 0 Å². The third-order valence-corrected chi connectivity index (χ3v) is 10.6. The van der Waals surface area contributed by atoms with Gasteiger partial charge in [0.25, 0.3) is 8.32 Å². The minimum absolute atomic E-state index is 0.0441. The van der Waals surface area contributed by atoms with Crippen LogP contribution < -0.4 is 9.16 Å². The van der Waals surface area contributed by atoms with E-state index < -0.39 is 8.32 Å². The lowest BCUT2D eigenvalue weighted by molar-refractivity contribution is -0.143. The molecule has 5 nitrogen and oxygen atoms in total. The molecule has 0 saturated heterocycles. The summed E-state index contributed by atoms with van der Waals surface area (Å²) in [5.74, 6) is 1.28. The summed E-state index contributed by atoms with van der Waals surface area (Å²) in [7, 11) is -0.454. The fraction of sp³-hybridized carbons (Fsp3) is 0.423. The Morgan fingerprint density at radius 3 is 2.50 bits per heavy atom. The molecule has 6 heteroatoms. The van der Waals surface area contributed by atoms with Gasteiger partial charge in [0.05, 0.1) is 13.7 Å². The molecule has 0 fully saturated rings. The smallest absolute Gasteiger partial charge is 0.306 e. The monoisotopic (exact) mass is 453 g/mol. The van der Waals surface area contributed by atoms with Crippen LogP contribution in [-0.4, -0.2) is 33.0 Å². The van der Waals surface area contributed by atoms with Gasteiger partial charge in [-0.1, -0.05) is 26.8 Å². The van der Waals surface area contributed by atoms with Crippen LogP contribution >= 0.6 is 0 Å². The lowest BCUT2D eigenvalue weighted by Crippen LogP contribution is -2.44. The van der Waals surface area contributed by atoms with Crippen molar-refractivity contribution in [1.29, 1.82) is 0 Å². The van der Waals surface area contributed by atoms with Crippen molar-refractivity contribution in [3.63, 3.8) is 0 Å². The third kappa shape index (κ3) is 5.18. The summed E-state index contributed by atoms with van der Waals surface area (Å²) >= 11 is 0. The first kappa shape index (κ1) is 23.9. The molecule has 172 valence electrons. The normalized spacial score (nSPS) is 12.1. The minimum Gasteiger partial charge on any atom is -0.541 e. The molecule has 32 heavy (non-hydrogen) atoms. The molecular weight excluding hydrogens is 418 g/mol. The number of aryl methyl sites for hydroxylation is 1. The van der Waals surface area contributed by atoms with Gasteiger partial charge in [-0.15, -0.1) is 0 Å². The predicted octanol–water partition coefficient (Wildman–Crippen LogP) is 6.72. The van der Waals surface area contributed by atoms with E-state index in [9.17, 15) is 4.79 Å². The van der Waals surface area contributed by atoms with Gasteiger partial charge in [-0.05, 0) is 78.3 Å². The average Bonchev–Trinajstić information content (AvgIpc) is 3.19. The van der Waals surface area contributed by atoms with E-state index in [1.807, 2.05) is 19.2 Å². The van der Waals surface area contributed by atoms with Crippen LogP contribution in [0.1, 0.15) is 39.7 Å². The zero-order valence-corrected chi connectivity index (χ0v) is 21.3. The quantitative estimate of drug-likeness (QED) is 0.304. The summed E-state index contributed by atoms with van der Waals surface area (Å²) in [5.41, 5.74) is 4.14. The van der Waals surface area contributed by atoms with Crippen molar-refractivity contribution in [3.8, 4) is 22.6 Å². The summed E-state index contributed by atoms with van der Waals surface area (Å²) in [4.78, 5) is 15.2. The Balaban J connectivity index is 2.12. The number of hydrogen-bond donors (Lipinski definition) is 1. The molecule has 0 atom stereocenters. The first-order chi connectivity index (χ1) is 15.1. The van der Waals surface area contributed by atoms with Crippen molar-refractivity contribution in [2.24, 2.45) is 0 Å². The van der Waals surface area contributed by atoms with Gasteiger partial charge < -0.3 is 18.9 Å². The number of methoxy groups -OCH3 is 1. The molecule has 1 N–H and O–H groups in total. The van der Waals surface area contributed by atoms with Gasteiger partial charge in [0.2, 0.25) is 0 Å². The molecule has 0 saturated carbocycles. The molecular formula is C26H35NO4Si. The number of rotatable bonds is 8. The second-order valence-corrected chi connectivity index (χ2v) is 14.3. The van der Waals surface area contributed by atoms with Crippen molar-refractivity contribution >= 4 is 25.2 Å². The number of nitrogens with one attached hydrogen (secondary N) is 1. The molecule has 0 aliphatic heterocycles. The van der Waals surface area contributed by atoms with Crippen LogP contribution in [0.3, 0.4) is 0 Å². The van der Waals surface area contributed by atoms with Gasteiger partial charge in [0.1, 0.15) is 0 Å². The van der Waals surface area contributed by atoms with Crippen LogP contribution in [0, 0.1) is 0 Å². The van der Waals surface area contributed by atoms with Gasteiger partial charge >= 0.3 is 5.97 Å². The highest BCUT2D eigenvalue weighted by atomic mass is 28.4. The minimum atomic E-state index is -2.12. The molecule has 0 aliphatic rings. The van der Waals surface area contributed by atoms with Crippen molar-refractivity contribution in [2.75, 3.05) is 13.7 Å². The molecule has 2 aromatic carbocycles. The van der Waals surface area contributed by atoms with Crippen LogP contribution in [0.2, 0.25) is 18.1 Å². The van der Waals surface area contributed by atoms with Crippen molar-refractivity contribution in [2.45, 2.75) is 58.7 Å². The van der Waals surface area contributed by atoms with Crippen LogP contribution in [0.25, 0.3) is 22.0 Å². The lowest BCUT2D eigenvalue weighted by Gasteiger charge is -2.37. The molecule has 0 aliphatic carbocycles. The van der Waals surface area contributed by atoms with E-state index in [0.29, 0.717) is 25.2 Å². The fourth-order valence-corrected chi connectivity index (χ4v) is 4.41. The molecule has 0 unspecified atom stereocenters. The van der Waals surface area contributed by atoms with E-state index in [2.05, 4.69) is 69.2 Å². The lowest BCUT2D eigenvalue weighted by atomic mass is 9.98. The van der Waals surface area contributed by atoms with Crippen molar-refractivity contribution in [3.05, 3.63) is 48.2 Å². The highest BCUT2D eigenvalue weighted by Crippen LogP contribution is 2.45. The number of aromatic nitrogens is 1. The molecule has 1 aromatic heterocycles. The summed E-state index contributed by atoms with van der Waals surface area (Å²) in [6, 6.07) is 12.5. The molecule has 0 amide bonds. The first-order valence-electron chi connectivity index (χ1n) is 11.2. The number of carbonyl (C=O) groups is 1. The number of esters is 1. The first-order valence-corrected chi connectivity index (χ1v) is 14.1. The van der Waals surface area contributed by atoms with Gasteiger partial charge in [0, 0.05) is 23.7 Å². The standard InChI is InChI=1S/C26H35NO4Si/c1-8-30-24(28)12-9-18-15-21(19-10-11-22-20(17-19)13-14-27-22)25(23(16-18)29-5)31-32(6,7)26(2,3)4/h10-11,13-17,27H,8-9,12H2,1-7H3. The second-order valence-electron chi connectivity index (χ2n) is 9.62. The largest absolute Gasteiger partial charge is 0.541 e. The topological polar surface area (TPSA) is 60.6 Å². The van der Waals surface area contributed by atoms with Crippen LogP contribution in [-0.2, 0) is 16.0 Å². The van der Waals surface area contributed by atoms with Gasteiger partial charge in [-0.3, -0.25) is 4.79 Å². The summed E-state index contributed by atoms with van der Waals surface area (Å²) < 4.78 is 17.7. The molecule has 3 rings (SSSR count). The SMILES string of the molecule is CCOC(=O)CCc1cc(OC)c(O[Si](C)(C)C(C)(C)C)c(-c2ccc3[nH]ccc3c2)c1. The van der Waals surface area contributed by atoms with Crippen LogP contribution in [0.15, 0.2) is 42.6 Å². The maximum atomic E-state index is 11.9. The second kappa shape index (κ2) is 9.41. The fourth-order valence-electron chi connectivity index (χ4n) is 3.38. The Kier molecular flexibility index (Phi) is 7.03. The number of H-pyrrole nitrogens is 1. The summed E-state index contributed by atoms with van der Waals surface area (Å²) in [6.45, 7) is 13.4. The molecule has 3 aromatic rings. The Bertz CT molecular complexity index is 1090. The average molecular weight is 454 g/mol. The molecule has 0 radical (unpaired) electrons. The van der Waals surface area contributed by atoms with E-state index in [1.54, 1.807) is 7.11 Å². The number of ether oxygens (including phenoxy) is 2. The highest BCUT2D eigenvalue weighted by molar-refractivity contribution is 6.74. The molecule has 1 heterocycles. The van der Waals surface area contributed by atoms with E-state index in [4.69, 9.17) is 13.9 Å². The Hall–Kier alpha value is -2.73. The number of fused-ring (bicyclic) bond motifs is 1. The van der Waals surface area contributed by atoms with Crippen LogP contribution in [0.5, 0.6) is 11.5 Å². The highest BCUT2D eigenvalue weighted by Gasteiger charge is 2.40. The van der Waals surface area contributed by atoms with E-state index in [1.165, 1.54) is 0 Å². The number of carbonyl (C=O) groups excluding carboxylic acids is 1. The molecule has 0 spiro atoms. The van der Waals surface area contributed by atoms with E-state index >= 15 is 0 Å². The zero-order valence-electron chi connectivity index (χ0n) is 20.3. The number of benzene rings is 2. The zero-order chi connectivity index (χ0) is 23.5. The Morgan fingerprint density at radius 1 is 1.09 bits per heavy atom. The third-order valence-electron chi connectivity index (χ3n) is 6.29. The van der Waals surface area contributed by atoms with Crippen molar-refractivity contribution < 1.29 is 18.7 Å². The Morgan fingerprint density at radius 2 is 1.84 bits per heavy atom.